The van der Waals surface area contributed by atoms with Crippen LogP contribution in [0.2, 0.25) is 19.6 Å². The number of aryl methyl sites for hydroxylation is 1. The molecule has 0 bridgehead atoms. The van der Waals surface area contributed by atoms with Gasteiger partial charge in [-0.15, -0.1) is 0 Å². The molecular formula is C22H31NO3Si. The normalized spacial score (nSPS) is 11.1. The van der Waals surface area contributed by atoms with Crippen molar-refractivity contribution in [3.63, 3.8) is 0 Å². The topological polar surface area (TPSA) is 38.8 Å². The van der Waals surface area contributed by atoms with Gasteiger partial charge in [0.2, 0.25) is 0 Å². The highest BCUT2D eigenvalue weighted by molar-refractivity contribution is 6.76. The van der Waals surface area contributed by atoms with E-state index >= 15 is 0 Å². The Morgan fingerprint density at radius 1 is 0.963 bits per heavy atom. The lowest BCUT2D eigenvalue weighted by Crippen LogP contribution is -2.44. The van der Waals surface area contributed by atoms with E-state index in [1.807, 2.05) is 47.4 Å². The summed E-state index contributed by atoms with van der Waals surface area (Å²) in [6.45, 7) is 7.65. The van der Waals surface area contributed by atoms with Crippen molar-refractivity contribution in [1.82, 2.24) is 4.90 Å². The number of hydrogen-bond donors (Lipinski definition) is 0. The Labute approximate surface area is 164 Å². The van der Waals surface area contributed by atoms with Gasteiger partial charge >= 0.3 is 0 Å². The fourth-order valence-electron chi connectivity index (χ4n) is 3.10. The molecule has 2 rings (SSSR count). The van der Waals surface area contributed by atoms with E-state index in [0.717, 1.165) is 42.6 Å². The van der Waals surface area contributed by atoms with Crippen LogP contribution in [0.25, 0.3) is 0 Å². The highest BCUT2D eigenvalue weighted by atomic mass is 28.3. The number of rotatable bonds is 9. The van der Waals surface area contributed by atoms with E-state index in [1.54, 1.807) is 14.2 Å². The van der Waals surface area contributed by atoms with Gasteiger partial charge in [-0.25, -0.2) is 0 Å². The van der Waals surface area contributed by atoms with E-state index in [1.165, 1.54) is 5.56 Å². The standard InChI is InChI=1S/C22H31NO3Si/c1-25-20-14-13-18(16-21(20)26-2)10-9-15-23(17-27(3,4)5)22(24)19-11-7-6-8-12-19/h6-8,11-14,16H,9-10,15,17H2,1-5H3. The van der Waals surface area contributed by atoms with E-state index in [4.69, 9.17) is 9.47 Å². The molecule has 146 valence electrons. The summed E-state index contributed by atoms with van der Waals surface area (Å²) < 4.78 is 10.7. The summed E-state index contributed by atoms with van der Waals surface area (Å²) in [5.74, 6) is 1.61. The second kappa shape index (κ2) is 9.60. The summed E-state index contributed by atoms with van der Waals surface area (Å²) >= 11 is 0. The van der Waals surface area contributed by atoms with Crippen LogP contribution in [0.4, 0.5) is 0 Å². The van der Waals surface area contributed by atoms with Gasteiger partial charge in [0.05, 0.1) is 22.3 Å². The second-order valence-corrected chi connectivity index (χ2v) is 13.4. The number of carbonyl (C=O) groups is 1. The van der Waals surface area contributed by atoms with Gasteiger partial charge in [0.25, 0.3) is 5.91 Å². The van der Waals surface area contributed by atoms with Gasteiger partial charge in [-0.2, -0.15) is 0 Å². The lowest BCUT2D eigenvalue weighted by Gasteiger charge is -2.29. The third-order valence-electron chi connectivity index (χ3n) is 4.31. The fourth-order valence-corrected chi connectivity index (χ4v) is 4.55. The monoisotopic (exact) mass is 385 g/mol. The van der Waals surface area contributed by atoms with Crippen molar-refractivity contribution < 1.29 is 14.3 Å². The molecule has 0 saturated heterocycles. The molecule has 0 aliphatic carbocycles. The molecule has 0 N–H and O–H groups in total. The Morgan fingerprint density at radius 2 is 1.63 bits per heavy atom. The summed E-state index contributed by atoms with van der Waals surface area (Å²) in [6.07, 6.45) is 2.68. The van der Waals surface area contributed by atoms with E-state index in [9.17, 15) is 4.79 Å². The van der Waals surface area contributed by atoms with Crippen molar-refractivity contribution in [2.75, 3.05) is 26.9 Å². The first-order chi connectivity index (χ1) is 12.8. The molecule has 1 amide bonds. The third kappa shape index (κ3) is 6.43. The minimum Gasteiger partial charge on any atom is -0.493 e. The summed E-state index contributed by atoms with van der Waals surface area (Å²) in [5, 5.41) is 0. The molecule has 5 heteroatoms. The number of carbonyl (C=O) groups excluding carboxylic acids is 1. The summed E-state index contributed by atoms with van der Waals surface area (Å²) in [6, 6.07) is 15.6. The number of ether oxygens (including phenoxy) is 2. The van der Waals surface area contributed by atoms with Gasteiger partial charge in [-0.05, 0) is 42.7 Å². The summed E-state index contributed by atoms with van der Waals surface area (Å²) in [7, 11) is 1.88. The van der Waals surface area contributed by atoms with Crippen molar-refractivity contribution in [2.45, 2.75) is 32.5 Å². The molecular weight excluding hydrogens is 354 g/mol. The third-order valence-corrected chi connectivity index (χ3v) is 5.64. The molecule has 0 radical (unpaired) electrons. The number of benzene rings is 2. The molecule has 0 unspecified atom stereocenters. The van der Waals surface area contributed by atoms with Crippen LogP contribution in [0.3, 0.4) is 0 Å². The molecule has 2 aromatic carbocycles. The van der Waals surface area contributed by atoms with Crippen LogP contribution in [0, 0.1) is 0 Å². The van der Waals surface area contributed by atoms with Crippen molar-refractivity contribution in [3.8, 4) is 11.5 Å². The number of methoxy groups -OCH3 is 2. The first-order valence-electron chi connectivity index (χ1n) is 9.39. The maximum Gasteiger partial charge on any atom is 0.253 e. The zero-order chi connectivity index (χ0) is 19.9. The van der Waals surface area contributed by atoms with Gasteiger partial charge in [0.1, 0.15) is 0 Å². The van der Waals surface area contributed by atoms with Gasteiger partial charge in [-0.1, -0.05) is 43.9 Å². The number of amides is 1. The van der Waals surface area contributed by atoms with Crippen molar-refractivity contribution >= 4 is 14.0 Å². The Morgan fingerprint density at radius 3 is 2.22 bits per heavy atom. The zero-order valence-corrected chi connectivity index (χ0v) is 18.1. The Kier molecular flexibility index (Phi) is 7.48. The van der Waals surface area contributed by atoms with E-state index in [2.05, 4.69) is 25.7 Å². The molecule has 27 heavy (non-hydrogen) atoms. The molecule has 0 aliphatic rings. The van der Waals surface area contributed by atoms with Crippen LogP contribution >= 0.6 is 0 Å². The minimum atomic E-state index is -1.40. The predicted molar refractivity (Wildman–Crippen MR) is 114 cm³/mol. The number of nitrogens with zero attached hydrogens (tertiary/aromatic N) is 1. The summed E-state index contributed by atoms with van der Waals surface area (Å²) in [4.78, 5) is 15.0. The lowest BCUT2D eigenvalue weighted by atomic mass is 10.1. The largest absolute Gasteiger partial charge is 0.493 e. The average Bonchev–Trinajstić information content (AvgIpc) is 2.66. The smallest absolute Gasteiger partial charge is 0.253 e. The van der Waals surface area contributed by atoms with Crippen LogP contribution < -0.4 is 9.47 Å². The quantitative estimate of drug-likeness (QED) is 0.590. The minimum absolute atomic E-state index is 0.130. The first-order valence-corrected chi connectivity index (χ1v) is 13.1. The molecule has 0 heterocycles. The van der Waals surface area contributed by atoms with Crippen molar-refractivity contribution in [3.05, 3.63) is 59.7 Å². The Balaban J connectivity index is 2.04. The molecule has 0 saturated carbocycles. The van der Waals surface area contributed by atoms with E-state index < -0.39 is 8.07 Å². The van der Waals surface area contributed by atoms with Crippen molar-refractivity contribution in [2.24, 2.45) is 0 Å². The van der Waals surface area contributed by atoms with Gasteiger partial charge < -0.3 is 14.4 Å². The molecule has 4 nitrogen and oxygen atoms in total. The molecule has 0 spiro atoms. The highest BCUT2D eigenvalue weighted by Gasteiger charge is 2.23. The molecule has 0 fully saturated rings. The van der Waals surface area contributed by atoms with Crippen LogP contribution in [0.15, 0.2) is 48.5 Å². The highest BCUT2D eigenvalue weighted by Crippen LogP contribution is 2.28. The molecule has 2 aromatic rings. The van der Waals surface area contributed by atoms with Crippen LogP contribution in [-0.2, 0) is 6.42 Å². The van der Waals surface area contributed by atoms with Gasteiger partial charge in [0.15, 0.2) is 11.5 Å². The predicted octanol–water partition coefficient (Wildman–Crippen LogP) is 4.66. The molecule has 0 atom stereocenters. The molecule has 0 aliphatic heterocycles. The first kappa shape index (κ1) is 21.0. The maximum absolute atomic E-state index is 13.0. The SMILES string of the molecule is COc1ccc(CCCN(C[Si](C)(C)C)C(=O)c2ccccc2)cc1OC. The van der Waals surface area contributed by atoms with Gasteiger partial charge in [0, 0.05) is 18.3 Å². The Hall–Kier alpha value is -2.27. The molecule has 0 aromatic heterocycles. The van der Waals surface area contributed by atoms with Gasteiger partial charge in [-0.3, -0.25) is 4.79 Å². The van der Waals surface area contributed by atoms with E-state index in [-0.39, 0.29) is 5.91 Å². The van der Waals surface area contributed by atoms with Crippen LogP contribution in [0.5, 0.6) is 11.5 Å². The zero-order valence-electron chi connectivity index (χ0n) is 17.1. The van der Waals surface area contributed by atoms with Crippen LogP contribution in [0.1, 0.15) is 22.3 Å². The maximum atomic E-state index is 13.0. The fraction of sp³-hybridized carbons (Fsp3) is 0.409. The average molecular weight is 386 g/mol. The lowest BCUT2D eigenvalue weighted by molar-refractivity contribution is 0.0778. The number of hydrogen-bond acceptors (Lipinski definition) is 3. The van der Waals surface area contributed by atoms with Crippen molar-refractivity contribution in [1.29, 1.82) is 0 Å². The second-order valence-electron chi connectivity index (χ2n) is 7.95. The summed E-state index contributed by atoms with van der Waals surface area (Å²) in [5.41, 5.74) is 1.95. The van der Waals surface area contributed by atoms with E-state index in [0.29, 0.717) is 0 Å². The Bertz CT molecular complexity index is 741. The van der Waals surface area contributed by atoms with Crippen LogP contribution in [-0.4, -0.2) is 45.8 Å².